The Labute approximate surface area is 164 Å². The van der Waals surface area contributed by atoms with Crippen LogP contribution in [-0.4, -0.2) is 96.1 Å². The minimum atomic E-state index is -1.03. The molecule has 9 nitrogen and oxygen atoms in total. The molecule has 1 atom stereocenters. The van der Waals surface area contributed by atoms with E-state index in [1.54, 1.807) is 37.2 Å². The zero-order chi connectivity index (χ0) is 20.7. The average molecular weight is 392 g/mol. The summed E-state index contributed by atoms with van der Waals surface area (Å²) >= 11 is 0. The third-order valence-corrected chi connectivity index (χ3v) is 4.76. The molecule has 1 heterocycles. The van der Waals surface area contributed by atoms with Crippen molar-refractivity contribution in [1.29, 1.82) is 0 Å². The Kier molecular flexibility index (Phi) is 7.77. The van der Waals surface area contributed by atoms with Crippen molar-refractivity contribution < 1.29 is 24.6 Å². The molecule has 0 bridgehead atoms. The number of hydrogen-bond acceptors (Lipinski definition) is 6. The van der Waals surface area contributed by atoms with Crippen molar-refractivity contribution in [3.05, 3.63) is 24.3 Å². The molecule has 9 heteroatoms. The quantitative estimate of drug-likeness (QED) is 0.539. The molecule has 1 unspecified atom stereocenters. The van der Waals surface area contributed by atoms with E-state index in [4.69, 9.17) is 0 Å². The normalized spacial score (nSPS) is 16.4. The van der Waals surface area contributed by atoms with Crippen molar-refractivity contribution in [3.63, 3.8) is 0 Å². The first-order valence-electron chi connectivity index (χ1n) is 9.21. The van der Waals surface area contributed by atoms with E-state index >= 15 is 0 Å². The second kappa shape index (κ2) is 10.0. The van der Waals surface area contributed by atoms with Crippen LogP contribution in [0.3, 0.4) is 0 Å². The van der Waals surface area contributed by atoms with Crippen molar-refractivity contribution in [3.8, 4) is 5.75 Å². The van der Waals surface area contributed by atoms with Gasteiger partial charge >= 0.3 is 5.97 Å². The van der Waals surface area contributed by atoms with E-state index in [0.29, 0.717) is 32.7 Å². The van der Waals surface area contributed by atoms with Gasteiger partial charge in [0.2, 0.25) is 11.8 Å². The van der Waals surface area contributed by atoms with Crippen LogP contribution < -0.4 is 5.32 Å². The second-order valence-electron chi connectivity index (χ2n) is 7.17. The Morgan fingerprint density at radius 2 is 1.71 bits per heavy atom. The number of amides is 2. The number of hydrogen-bond donors (Lipinski definition) is 3. The van der Waals surface area contributed by atoms with E-state index in [0.717, 1.165) is 0 Å². The van der Waals surface area contributed by atoms with Gasteiger partial charge in [0.15, 0.2) is 0 Å². The number of anilines is 1. The van der Waals surface area contributed by atoms with Crippen LogP contribution in [0.4, 0.5) is 5.69 Å². The van der Waals surface area contributed by atoms with Gasteiger partial charge < -0.3 is 20.4 Å². The smallest absolute Gasteiger partial charge is 0.308 e. The maximum absolute atomic E-state index is 12.2. The van der Waals surface area contributed by atoms with Crippen LogP contribution >= 0.6 is 0 Å². The molecule has 0 radical (unpaired) electrons. The molecule has 3 N–H and O–H groups in total. The number of nitrogens with zero attached hydrogens (tertiary/aromatic N) is 3. The number of carbonyl (C=O) groups excluding carboxylic acids is 2. The zero-order valence-corrected chi connectivity index (χ0v) is 16.3. The number of carbonyl (C=O) groups is 3. The molecule has 1 fully saturated rings. The van der Waals surface area contributed by atoms with Gasteiger partial charge in [-0.05, 0) is 12.1 Å². The van der Waals surface area contributed by atoms with Crippen LogP contribution in [0.25, 0.3) is 0 Å². The molecule has 1 aromatic carbocycles. The number of carboxylic acid groups (broad SMARTS) is 1. The Morgan fingerprint density at radius 1 is 1.11 bits per heavy atom. The largest absolute Gasteiger partial charge is 0.506 e. The van der Waals surface area contributed by atoms with Gasteiger partial charge in [-0.25, -0.2) is 0 Å². The average Bonchev–Trinajstić information content (AvgIpc) is 2.64. The van der Waals surface area contributed by atoms with Crippen LogP contribution in [0, 0.1) is 5.92 Å². The highest BCUT2D eigenvalue weighted by Crippen LogP contribution is 2.22. The number of phenolic OH excluding ortho intramolecular Hbond substituents is 1. The summed E-state index contributed by atoms with van der Waals surface area (Å²) in [6, 6.07) is 6.31. The van der Waals surface area contributed by atoms with E-state index in [9.17, 15) is 24.6 Å². The van der Waals surface area contributed by atoms with Gasteiger partial charge in [-0.15, -0.1) is 0 Å². The van der Waals surface area contributed by atoms with Crippen LogP contribution in [0.5, 0.6) is 5.75 Å². The van der Waals surface area contributed by atoms with Crippen molar-refractivity contribution in [2.24, 2.45) is 5.92 Å². The van der Waals surface area contributed by atoms with E-state index in [1.807, 2.05) is 9.80 Å². The number of likely N-dealkylation sites (N-methyl/N-ethyl adjacent to an activating group) is 1. The SMILES string of the molecule is CN(C)C(=O)CN1CCN(CC(CC(=O)Nc2ccccc2O)C(=O)O)CC1. The highest BCUT2D eigenvalue weighted by molar-refractivity contribution is 5.94. The lowest BCUT2D eigenvalue weighted by Crippen LogP contribution is -2.50. The first kappa shape index (κ1) is 21.6. The number of benzene rings is 1. The fourth-order valence-corrected chi connectivity index (χ4v) is 3.01. The van der Waals surface area contributed by atoms with E-state index in [2.05, 4.69) is 5.32 Å². The lowest BCUT2D eigenvalue weighted by atomic mass is 10.0. The zero-order valence-electron chi connectivity index (χ0n) is 16.3. The minimum Gasteiger partial charge on any atom is -0.506 e. The first-order chi connectivity index (χ1) is 13.3. The predicted molar refractivity (Wildman–Crippen MR) is 104 cm³/mol. The van der Waals surface area contributed by atoms with Crippen molar-refractivity contribution in [2.75, 3.05) is 58.7 Å². The van der Waals surface area contributed by atoms with E-state index in [1.165, 1.54) is 6.07 Å². The molecule has 2 amide bonds. The lowest BCUT2D eigenvalue weighted by Gasteiger charge is -2.35. The van der Waals surface area contributed by atoms with Gasteiger partial charge in [0.25, 0.3) is 0 Å². The summed E-state index contributed by atoms with van der Waals surface area (Å²) in [5, 5.41) is 21.8. The van der Waals surface area contributed by atoms with Crippen LogP contribution in [-0.2, 0) is 14.4 Å². The third-order valence-electron chi connectivity index (χ3n) is 4.76. The highest BCUT2D eigenvalue weighted by Gasteiger charge is 2.27. The van der Waals surface area contributed by atoms with E-state index < -0.39 is 17.8 Å². The fraction of sp³-hybridized carbons (Fsp3) is 0.526. The molecule has 1 saturated heterocycles. The van der Waals surface area contributed by atoms with Crippen molar-refractivity contribution >= 4 is 23.5 Å². The minimum absolute atomic E-state index is 0.0395. The van der Waals surface area contributed by atoms with Gasteiger partial charge in [0.05, 0.1) is 18.2 Å². The Balaban J connectivity index is 1.83. The third kappa shape index (κ3) is 6.50. The van der Waals surface area contributed by atoms with Crippen molar-refractivity contribution in [2.45, 2.75) is 6.42 Å². The number of para-hydroxylation sites is 2. The van der Waals surface area contributed by atoms with Gasteiger partial charge in [-0.3, -0.25) is 24.2 Å². The summed E-state index contributed by atoms with van der Waals surface area (Å²) in [5.41, 5.74) is 0.260. The summed E-state index contributed by atoms with van der Waals surface area (Å²) < 4.78 is 0. The number of nitrogens with one attached hydrogen (secondary N) is 1. The number of aliphatic carboxylic acids is 1. The lowest BCUT2D eigenvalue weighted by molar-refractivity contribution is -0.144. The van der Waals surface area contributed by atoms with Gasteiger partial charge in [0, 0.05) is 53.2 Å². The molecule has 0 aromatic heterocycles. The van der Waals surface area contributed by atoms with Gasteiger partial charge in [-0.2, -0.15) is 0 Å². The number of piperazine rings is 1. The molecule has 154 valence electrons. The number of aromatic hydroxyl groups is 1. The molecule has 0 spiro atoms. The van der Waals surface area contributed by atoms with E-state index in [-0.39, 0.29) is 30.3 Å². The first-order valence-corrected chi connectivity index (χ1v) is 9.21. The Hall–Kier alpha value is -2.65. The fourth-order valence-electron chi connectivity index (χ4n) is 3.01. The summed E-state index contributed by atoms with van der Waals surface area (Å²) in [5.74, 6) is -2.36. The maximum atomic E-state index is 12.2. The molecule has 2 rings (SSSR count). The molecule has 1 aromatic rings. The summed E-state index contributed by atoms with van der Waals surface area (Å²) in [6.45, 7) is 3.26. The molecular weight excluding hydrogens is 364 g/mol. The maximum Gasteiger partial charge on any atom is 0.308 e. The molecule has 0 aliphatic carbocycles. The number of rotatable bonds is 8. The predicted octanol–water partition coefficient (Wildman–Crippen LogP) is 0.127. The molecule has 1 aliphatic rings. The summed E-state index contributed by atoms with van der Waals surface area (Å²) in [7, 11) is 3.44. The topological polar surface area (TPSA) is 113 Å². The number of phenols is 1. The second-order valence-corrected chi connectivity index (χ2v) is 7.17. The Bertz CT molecular complexity index is 701. The highest BCUT2D eigenvalue weighted by atomic mass is 16.4. The summed E-state index contributed by atoms with van der Waals surface area (Å²) in [6.07, 6.45) is -0.178. The van der Waals surface area contributed by atoms with Crippen LogP contribution in [0.1, 0.15) is 6.42 Å². The molecule has 28 heavy (non-hydrogen) atoms. The van der Waals surface area contributed by atoms with Crippen molar-refractivity contribution in [1.82, 2.24) is 14.7 Å². The standard InChI is InChI=1S/C19H28N4O5/c1-21(2)18(26)13-23-9-7-22(8-10-23)12-14(19(27)28)11-17(25)20-15-5-3-4-6-16(15)24/h3-6,14,24H,7-13H2,1-2H3,(H,20,25)(H,27,28). The summed E-state index contributed by atoms with van der Waals surface area (Å²) in [4.78, 5) is 41.2. The van der Waals surface area contributed by atoms with Crippen LogP contribution in [0.2, 0.25) is 0 Å². The van der Waals surface area contributed by atoms with Gasteiger partial charge in [-0.1, -0.05) is 12.1 Å². The molecule has 0 saturated carbocycles. The molecular formula is C19H28N4O5. The number of carboxylic acids is 1. The Morgan fingerprint density at radius 3 is 2.29 bits per heavy atom. The monoisotopic (exact) mass is 392 g/mol. The van der Waals surface area contributed by atoms with Crippen LogP contribution in [0.15, 0.2) is 24.3 Å². The van der Waals surface area contributed by atoms with Gasteiger partial charge in [0.1, 0.15) is 5.75 Å². The molecule has 1 aliphatic heterocycles.